The molecule has 136 valence electrons. The lowest BCUT2D eigenvalue weighted by molar-refractivity contribution is 0.102. The average Bonchev–Trinajstić information content (AvgIpc) is 3.38. The largest absolute Gasteiger partial charge is 0.463 e. The summed E-state index contributed by atoms with van der Waals surface area (Å²) in [5.74, 6) is 0.258. The van der Waals surface area contributed by atoms with E-state index in [1.54, 1.807) is 53.7 Å². The highest BCUT2D eigenvalue weighted by molar-refractivity contribution is 6.42. The zero-order valence-electron chi connectivity index (χ0n) is 13.8. The van der Waals surface area contributed by atoms with E-state index in [1.807, 2.05) is 6.07 Å². The Hall–Kier alpha value is -3.03. The SMILES string of the molecule is O=C(Nc1cnn(Cc2ccc(Cl)c(Cl)c2)c1)c1cc(-c2ccco2)[nH]n1. The zero-order chi connectivity index (χ0) is 18.8. The molecule has 0 fully saturated rings. The van der Waals surface area contributed by atoms with Gasteiger partial charge in [-0.1, -0.05) is 29.3 Å². The van der Waals surface area contributed by atoms with E-state index >= 15 is 0 Å². The van der Waals surface area contributed by atoms with Crippen LogP contribution in [0, 0.1) is 0 Å². The number of halogens is 2. The van der Waals surface area contributed by atoms with Crippen LogP contribution in [0.15, 0.2) is 59.5 Å². The number of hydrogen-bond donors (Lipinski definition) is 2. The smallest absolute Gasteiger partial charge is 0.276 e. The van der Waals surface area contributed by atoms with E-state index in [0.29, 0.717) is 33.7 Å². The molecule has 27 heavy (non-hydrogen) atoms. The van der Waals surface area contributed by atoms with Crippen LogP contribution < -0.4 is 5.32 Å². The van der Waals surface area contributed by atoms with Crippen molar-refractivity contribution in [3.05, 3.63) is 76.4 Å². The van der Waals surface area contributed by atoms with E-state index in [1.165, 1.54) is 0 Å². The molecule has 0 bridgehead atoms. The Morgan fingerprint density at radius 3 is 2.89 bits per heavy atom. The van der Waals surface area contributed by atoms with Gasteiger partial charge in [0, 0.05) is 12.3 Å². The molecule has 3 heterocycles. The summed E-state index contributed by atoms with van der Waals surface area (Å²) in [6, 6.07) is 10.5. The van der Waals surface area contributed by atoms with Gasteiger partial charge in [-0.15, -0.1) is 0 Å². The summed E-state index contributed by atoms with van der Waals surface area (Å²) < 4.78 is 6.96. The molecular formula is C18H13Cl2N5O2. The van der Waals surface area contributed by atoms with Crippen molar-refractivity contribution in [2.75, 3.05) is 5.32 Å². The second-order valence-electron chi connectivity index (χ2n) is 5.77. The van der Waals surface area contributed by atoms with Crippen LogP contribution >= 0.6 is 23.2 Å². The molecule has 0 saturated carbocycles. The number of benzene rings is 1. The Balaban J connectivity index is 1.43. The topological polar surface area (TPSA) is 88.7 Å². The van der Waals surface area contributed by atoms with Crippen molar-refractivity contribution in [3.8, 4) is 11.5 Å². The van der Waals surface area contributed by atoms with E-state index in [-0.39, 0.29) is 11.6 Å². The van der Waals surface area contributed by atoms with Crippen LogP contribution in [0.5, 0.6) is 0 Å². The molecule has 7 nitrogen and oxygen atoms in total. The van der Waals surface area contributed by atoms with Gasteiger partial charge < -0.3 is 9.73 Å². The third-order valence-electron chi connectivity index (χ3n) is 3.82. The minimum Gasteiger partial charge on any atom is -0.463 e. The maximum absolute atomic E-state index is 12.4. The average molecular weight is 402 g/mol. The first kappa shape index (κ1) is 17.4. The first-order chi connectivity index (χ1) is 13.1. The van der Waals surface area contributed by atoms with Crippen LogP contribution in [0.1, 0.15) is 16.1 Å². The van der Waals surface area contributed by atoms with Crippen LogP contribution in [0.3, 0.4) is 0 Å². The molecule has 0 aliphatic rings. The number of nitrogens with one attached hydrogen (secondary N) is 2. The number of H-pyrrole nitrogens is 1. The Morgan fingerprint density at radius 1 is 1.22 bits per heavy atom. The zero-order valence-corrected chi connectivity index (χ0v) is 15.3. The molecule has 0 radical (unpaired) electrons. The van der Waals surface area contributed by atoms with Crippen molar-refractivity contribution >= 4 is 34.8 Å². The van der Waals surface area contributed by atoms with Gasteiger partial charge in [0.05, 0.1) is 34.7 Å². The number of rotatable bonds is 5. The monoisotopic (exact) mass is 401 g/mol. The fourth-order valence-corrected chi connectivity index (χ4v) is 2.85. The van der Waals surface area contributed by atoms with E-state index in [2.05, 4.69) is 20.6 Å². The summed E-state index contributed by atoms with van der Waals surface area (Å²) in [7, 11) is 0. The van der Waals surface area contributed by atoms with Gasteiger partial charge in [0.1, 0.15) is 5.69 Å². The van der Waals surface area contributed by atoms with Crippen molar-refractivity contribution in [1.82, 2.24) is 20.0 Å². The normalized spacial score (nSPS) is 10.9. The minimum atomic E-state index is -0.349. The molecule has 3 aromatic heterocycles. The van der Waals surface area contributed by atoms with Crippen LogP contribution in [0.25, 0.3) is 11.5 Å². The number of anilines is 1. The van der Waals surface area contributed by atoms with Crippen molar-refractivity contribution < 1.29 is 9.21 Å². The molecule has 0 unspecified atom stereocenters. The lowest BCUT2D eigenvalue weighted by Gasteiger charge is -2.03. The molecule has 0 aliphatic heterocycles. The molecule has 0 atom stereocenters. The van der Waals surface area contributed by atoms with Crippen LogP contribution in [-0.2, 0) is 6.54 Å². The van der Waals surface area contributed by atoms with E-state index in [4.69, 9.17) is 27.6 Å². The van der Waals surface area contributed by atoms with Gasteiger partial charge in [0.2, 0.25) is 0 Å². The lowest BCUT2D eigenvalue weighted by atomic mass is 10.2. The number of furan rings is 1. The van der Waals surface area contributed by atoms with Gasteiger partial charge >= 0.3 is 0 Å². The number of carbonyl (C=O) groups is 1. The van der Waals surface area contributed by atoms with Gasteiger partial charge in [-0.25, -0.2) is 0 Å². The van der Waals surface area contributed by atoms with Gasteiger partial charge in [-0.05, 0) is 29.8 Å². The van der Waals surface area contributed by atoms with Crippen molar-refractivity contribution in [2.45, 2.75) is 6.54 Å². The third-order valence-corrected chi connectivity index (χ3v) is 4.56. The molecule has 1 aromatic carbocycles. The first-order valence-corrected chi connectivity index (χ1v) is 8.71. The second kappa shape index (κ2) is 7.30. The predicted molar refractivity (Wildman–Crippen MR) is 102 cm³/mol. The van der Waals surface area contributed by atoms with Crippen molar-refractivity contribution in [3.63, 3.8) is 0 Å². The predicted octanol–water partition coefficient (Wildman–Crippen LogP) is 4.47. The maximum Gasteiger partial charge on any atom is 0.276 e. The third kappa shape index (κ3) is 3.89. The van der Waals surface area contributed by atoms with E-state index < -0.39 is 0 Å². The van der Waals surface area contributed by atoms with Gasteiger partial charge in [0.25, 0.3) is 5.91 Å². The molecule has 2 N–H and O–H groups in total. The number of nitrogens with zero attached hydrogens (tertiary/aromatic N) is 3. The Kier molecular flexibility index (Phi) is 4.70. The minimum absolute atomic E-state index is 0.249. The van der Waals surface area contributed by atoms with Crippen LogP contribution in [0.2, 0.25) is 10.0 Å². The van der Waals surface area contributed by atoms with E-state index in [0.717, 1.165) is 5.56 Å². The summed E-state index contributed by atoms with van der Waals surface area (Å²) >= 11 is 11.9. The fraction of sp³-hybridized carbons (Fsp3) is 0.0556. The molecule has 0 aliphatic carbocycles. The van der Waals surface area contributed by atoms with Crippen LogP contribution in [-0.4, -0.2) is 25.9 Å². The maximum atomic E-state index is 12.4. The molecule has 0 saturated heterocycles. The van der Waals surface area contributed by atoms with Crippen molar-refractivity contribution in [2.24, 2.45) is 0 Å². The highest BCUT2D eigenvalue weighted by Gasteiger charge is 2.14. The summed E-state index contributed by atoms with van der Waals surface area (Å²) in [6.07, 6.45) is 4.84. The molecule has 1 amide bonds. The molecular weight excluding hydrogens is 389 g/mol. The van der Waals surface area contributed by atoms with Gasteiger partial charge in [-0.2, -0.15) is 10.2 Å². The summed E-state index contributed by atoms with van der Waals surface area (Å²) in [4.78, 5) is 12.4. The lowest BCUT2D eigenvalue weighted by Crippen LogP contribution is -2.11. The molecule has 4 aromatic rings. The summed E-state index contributed by atoms with van der Waals surface area (Å²) in [5, 5.41) is 14.8. The number of aromatic amines is 1. The number of aromatic nitrogens is 4. The summed E-state index contributed by atoms with van der Waals surface area (Å²) in [5.41, 5.74) is 2.38. The van der Waals surface area contributed by atoms with Gasteiger partial charge in [-0.3, -0.25) is 14.6 Å². The standard InChI is InChI=1S/C18H13Cl2N5O2/c19-13-4-3-11(6-14(13)20)9-25-10-12(8-21-25)22-18(26)16-7-15(23-24-16)17-2-1-5-27-17/h1-8,10H,9H2,(H,22,26)(H,23,24). The van der Waals surface area contributed by atoms with E-state index in [9.17, 15) is 4.79 Å². The highest BCUT2D eigenvalue weighted by atomic mass is 35.5. The molecule has 4 rings (SSSR count). The number of amides is 1. The highest BCUT2D eigenvalue weighted by Crippen LogP contribution is 2.23. The van der Waals surface area contributed by atoms with Crippen LogP contribution in [0.4, 0.5) is 5.69 Å². The number of hydrogen-bond acceptors (Lipinski definition) is 4. The summed E-state index contributed by atoms with van der Waals surface area (Å²) in [6.45, 7) is 0.498. The Labute approximate surface area is 163 Å². The fourth-order valence-electron chi connectivity index (χ4n) is 2.53. The Bertz CT molecular complexity index is 1090. The van der Waals surface area contributed by atoms with Gasteiger partial charge in [0.15, 0.2) is 11.5 Å². The van der Waals surface area contributed by atoms with Crippen molar-refractivity contribution in [1.29, 1.82) is 0 Å². The first-order valence-electron chi connectivity index (χ1n) is 7.95. The second-order valence-corrected chi connectivity index (χ2v) is 6.59. The molecule has 9 heteroatoms. The molecule has 0 spiro atoms. The number of carbonyl (C=O) groups excluding carboxylic acids is 1. The quantitative estimate of drug-likeness (QED) is 0.516. The Morgan fingerprint density at radius 2 is 2.11 bits per heavy atom.